The maximum Gasteiger partial charge on any atom is 0.137 e. The summed E-state index contributed by atoms with van der Waals surface area (Å²) >= 11 is 1.88. The maximum absolute atomic E-state index is 10.7. The first-order valence-corrected chi connectivity index (χ1v) is 12.7. The Hall–Kier alpha value is -2.54. The summed E-state index contributed by atoms with van der Waals surface area (Å²) in [5, 5.41) is 12.9. The smallest absolute Gasteiger partial charge is 0.137 e. The lowest BCUT2D eigenvalue weighted by molar-refractivity contribution is 0.0286. The molecule has 0 amide bonds. The van der Waals surface area contributed by atoms with Gasteiger partial charge in [-0.25, -0.2) is 0 Å². The average molecular weight is 480 g/mol. The van der Waals surface area contributed by atoms with Gasteiger partial charge < -0.3 is 23.9 Å². The predicted molar refractivity (Wildman–Crippen MR) is 138 cm³/mol. The second-order valence-electron chi connectivity index (χ2n) is 10.1. The molecule has 4 aromatic rings. The number of methoxy groups -OCH3 is 1. The minimum Gasteiger partial charge on any atom is -0.496 e. The van der Waals surface area contributed by atoms with Gasteiger partial charge in [0, 0.05) is 34.0 Å². The molecule has 180 valence electrons. The lowest BCUT2D eigenvalue weighted by Crippen LogP contribution is -2.47. The van der Waals surface area contributed by atoms with E-state index in [1.807, 2.05) is 48.6 Å². The number of piperidine rings is 1. The van der Waals surface area contributed by atoms with Crippen LogP contribution < -0.4 is 9.47 Å². The second-order valence-corrected chi connectivity index (χ2v) is 11.2. The molecular formula is C28H33NO4S. The molecule has 1 aliphatic rings. The Labute approximate surface area is 204 Å². The van der Waals surface area contributed by atoms with Crippen LogP contribution in [0.15, 0.2) is 52.9 Å². The molecule has 3 heterocycles. The third-order valence-corrected chi connectivity index (χ3v) is 8.17. The highest BCUT2D eigenvalue weighted by Crippen LogP contribution is 2.47. The fraction of sp³-hybridized carbons (Fsp3) is 0.429. The van der Waals surface area contributed by atoms with Gasteiger partial charge in [0.15, 0.2) is 0 Å². The minimum atomic E-state index is -0.552. The van der Waals surface area contributed by atoms with Crippen molar-refractivity contribution in [3.05, 3.63) is 59.2 Å². The minimum absolute atomic E-state index is 0.104. The molecule has 5 nitrogen and oxygen atoms in total. The van der Waals surface area contributed by atoms with Crippen molar-refractivity contribution >= 4 is 32.4 Å². The number of aliphatic hydroxyl groups excluding tert-OH is 1. The lowest BCUT2D eigenvalue weighted by atomic mass is 9.73. The van der Waals surface area contributed by atoms with Crippen LogP contribution in [0.2, 0.25) is 0 Å². The summed E-state index contributed by atoms with van der Waals surface area (Å²) < 4.78 is 18.5. The molecule has 0 bridgehead atoms. The highest BCUT2D eigenvalue weighted by atomic mass is 32.1. The van der Waals surface area contributed by atoms with Crippen molar-refractivity contribution in [2.24, 2.45) is 5.41 Å². The first-order chi connectivity index (χ1) is 16.3. The number of aryl methyl sites for hydroxylation is 1. The van der Waals surface area contributed by atoms with Gasteiger partial charge in [0.05, 0.1) is 12.5 Å². The number of hydrogen-bond acceptors (Lipinski definition) is 6. The molecule has 2 atom stereocenters. The Kier molecular flexibility index (Phi) is 6.32. The molecule has 34 heavy (non-hydrogen) atoms. The Morgan fingerprint density at radius 1 is 1.15 bits per heavy atom. The van der Waals surface area contributed by atoms with E-state index in [2.05, 4.69) is 36.9 Å². The topological polar surface area (TPSA) is 55.1 Å². The monoisotopic (exact) mass is 479 g/mol. The lowest BCUT2D eigenvalue weighted by Gasteiger charge is -2.44. The summed E-state index contributed by atoms with van der Waals surface area (Å²) in [6, 6.07) is 16.4. The van der Waals surface area contributed by atoms with Crippen LogP contribution in [0.4, 0.5) is 0 Å². The molecule has 1 unspecified atom stereocenters. The first-order valence-electron chi connectivity index (χ1n) is 11.9. The second kappa shape index (κ2) is 9.25. The number of likely N-dealkylation sites (tertiary alicyclic amines) is 1. The van der Waals surface area contributed by atoms with Gasteiger partial charge in [0.25, 0.3) is 0 Å². The van der Waals surface area contributed by atoms with Crippen molar-refractivity contribution in [1.29, 1.82) is 0 Å². The Morgan fingerprint density at radius 3 is 2.74 bits per heavy atom. The number of hydrogen-bond donors (Lipinski definition) is 1. The Bertz CT molecular complexity index is 1290. The van der Waals surface area contributed by atoms with Gasteiger partial charge >= 0.3 is 0 Å². The zero-order valence-electron chi connectivity index (χ0n) is 20.3. The molecule has 0 spiro atoms. The number of aliphatic hydroxyl groups is 1. The average Bonchev–Trinajstić information content (AvgIpc) is 3.39. The summed E-state index contributed by atoms with van der Waals surface area (Å²) in [5.41, 5.74) is 0.916. The van der Waals surface area contributed by atoms with Crippen molar-refractivity contribution in [3.8, 4) is 11.5 Å². The van der Waals surface area contributed by atoms with Gasteiger partial charge in [0.2, 0.25) is 0 Å². The van der Waals surface area contributed by atoms with E-state index in [1.165, 1.54) is 15.0 Å². The fourth-order valence-electron chi connectivity index (χ4n) is 5.38. The van der Waals surface area contributed by atoms with Gasteiger partial charge in [-0.1, -0.05) is 26.0 Å². The summed E-state index contributed by atoms with van der Waals surface area (Å²) in [4.78, 5) is 3.80. The highest BCUT2D eigenvalue weighted by molar-refractivity contribution is 7.19. The van der Waals surface area contributed by atoms with E-state index >= 15 is 0 Å². The van der Waals surface area contributed by atoms with Crippen LogP contribution in [0.25, 0.3) is 21.1 Å². The predicted octanol–water partition coefficient (Wildman–Crippen LogP) is 6.22. The van der Waals surface area contributed by atoms with Crippen molar-refractivity contribution in [2.45, 2.75) is 39.2 Å². The molecule has 2 aromatic heterocycles. The normalized spacial score (nSPS) is 19.5. The number of β-amino-alcohol motifs (C(OH)–C–C–N with tert-alkyl or cyclic N) is 1. The zero-order chi connectivity index (χ0) is 23.9. The molecule has 2 aromatic carbocycles. The van der Waals surface area contributed by atoms with Crippen LogP contribution in [-0.2, 0) is 0 Å². The van der Waals surface area contributed by atoms with Crippen LogP contribution in [0, 0.1) is 12.3 Å². The Balaban J connectivity index is 1.22. The number of ether oxygens (including phenoxy) is 2. The number of furan rings is 1. The van der Waals surface area contributed by atoms with E-state index < -0.39 is 6.10 Å². The summed E-state index contributed by atoms with van der Waals surface area (Å²) in [6.45, 7) is 9.39. The quantitative estimate of drug-likeness (QED) is 0.341. The highest BCUT2D eigenvalue weighted by Gasteiger charge is 2.38. The molecule has 5 rings (SSSR count). The van der Waals surface area contributed by atoms with E-state index in [9.17, 15) is 5.11 Å². The van der Waals surface area contributed by atoms with Crippen molar-refractivity contribution in [3.63, 3.8) is 0 Å². The third kappa shape index (κ3) is 4.54. The van der Waals surface area contributed by atoms with E-state index in [0.717, 1.165) is 47.7 Å². The fourth-order valence-corrected chi connectivity index (χ4v) is 6.80. The number of fused-ring (bicyclic) bond motifs is 2. The SMILES string of the molecule is COc1cccc2sc(C3CCN(C[C@H](O)COc4cccc5oc(C)cc45)CC3(C)C)cc12. The van der Waals surface area contributed by atoms with E-state index in [1.54, 1.807) is 7.11 Å². The van der Waals surface area contributed by atoms with Crippen molar-refractivity contribution < 1.29 is 19.0 Å². The van der Waals surface area contributed by atoms with Crippen molar-refractivity contribution in [1.82, 2.24) is 4.90 Å². The van der Waals surface area contributed by atoms with Gasteiger partial charge in [-0.15, -0.1) is 11.3 Å². The number of rotatable bonds is 7. The van der Waals surface area contributed by atoms with Crippen LogP contribution in [0.3, 0.4) is 0 Å². The standard InChI is InChI=1S/C28H33NO4S/c1-18-13-20-24(8-5-9-25(20)33-18)32-16-19(30)15-29-12-11-22(28(2,3)17-29)27-14-21-23(31-4)7-6-10-26(21)34-27/h5-10,13-14,19,22,30H,11-12,15-17H2,1-4H3/t19-,22?/m0/s1. The van der Waals surface area contributed by atoms with Gasteiger partial charge in [-0.3, -0.25) is 0 Å². The van der Waals surface area contributed by atoms with E-state index in [4.69, 9.17) is 13.9 Å². The molecular weight excluding hydrogens is 446 g/mol. The molecule has 0 saturated carbocycles. The largest absolute Gasteiger partial charge is 0.496 e. The molecule has 1 aliphatic heterocycles. The van der Waals surface area contributed by atoms with Gasteiger partial charge in [-0.05, 0) is 61.7 Å². The molecule has 0 radical (unpaired) electrons. The van der Waals surface area contributed by atoms with Crippen LogP contribution in [0.1, 0.15) is 36.8 Å². The summed E-state index contributed by atoms with van der Waals surface area (Å²) in [5.74, 6) is 3.04. The van der Waals surface area contributed by atoms with Crippen molar-refractivity contribution in [2.75, 3.05) is 33.4 Å². The maximum atomic E-state index is 10.7. The van der Waals surface area contributed by atoms with Gasteiger partial charge in [0.1, 0.15) is 35.6 Å². The molecule has 1 fully saturated rings. The number of nitrogens with zero attached hydrogens (tertiary/aromatic N) is 1. The van der Waals surface area contributed by atoms with Gasteiger partial charge in [-0.2, -0.15) is 0 Å². The van der Waals surface area contributed by atoms with Crippen LogP contribution in [-0.4, -0.2) is 49.5 Å². The van der Waals surface area contributed by atoms with Crippen LogP contribution in [0.5, 0.6) is 11.5 Å². The summed E-state index contributed by atoms with van der Waals surface area (Å²) in [7, 11) is 1.74. The molecule has 1 saturated heterocycles. The number of thiophene rings is 1. The molecule has 6 heteroatoms. The zero-order valence-corrected chi connectivity index (χ0v) is 21.2. The van der Waals surface area contributed by atoms with E-state index in [0.29, 0.717) is 12.5 Å². The summed E-state index contributed by atoms with van der Waals surface area (Å²) in [6.07, 6.45) is 0.521. The van der Waals surface area contributed by atoms with E-state index in [-0.39, 0.29) is 12.0 Å². The third-order valence-electron chi connectivity index (χ3n) is 6.96. The molecule has 1 N–H and O–H groups in total. The Morgan fingerprint density at radius 2 is 1.94 bits per heavy atom. The number of benzene rings is 2. The van der Waals surface area contributed by atoms with Crippen LogP contribution >= 0.6 is 11.3 Å². The first kappa shape index (κ1) is 23.2. The molecule has 0 aliphatic carbocycles.